The van der Waals surface area contributed by atoms with E-state index in [2.05, 4.69) is 0 Å². The Bertz CT molecular complexity index is 1180. The monoisotopic (exact) mass is 392 g/mol. The summed E-state index contributed by atoms with van der Waals surface area (Å²) in [4.78, 5) is 24.0. The van der Waals surface area contributed by atoms with Crippen LogP contribution in [0.2, 0.25) is 0 Å². The maximum absolute atomic E-state index is 15.3. The van der Waals surface area contributed by atoms with Crippen molar-refractivity contribution < 1.29 is 23.1 Å². The predicted molar refractivity (Wildman–Crippen MR) is 95.8 cm³/mol. The molecule has 3 aromatic rings. The first-order chi connectivity index (χ1) is 12.8. The summed E-state index contributed by atoms with van der Waals surface area (Å²) in [5.74, 6) is -3.61. The Kier molecular flexibility index (Phi) is 3.92. The summed E-state index contributed by atoms with van der Waals surface area (Å²) in [7, 11) is 0. The Morgan fingerprint density at radius 2 is 1.93 bits per heavy atom. The van der Waals surface area contributed by atoms with Crippen molar-refractivity contribution in [3.63, 3.8) is 0 Å². The number of fused-ring (bicyclic) bond motifs is 3. The number of pyridine rings is 1. The summed E-state index contributed by atoms with van der Waals surface area (Å²) in [5.41, 5.74) is 3.86. The van der Waals surface area contributed by atoms with Gasteiger partial charge in [0.15, 0.2) is 5.82 Å². The summed E-state index contributed by atoms with van der Waals surface area (Å²) in [6.07, 6.45) is 0. The van der Waals surface area contributed by atoms with Crippen molar-refractivity contribution in [1.29, 1.82) is 0 Å². The van der Waals surface area contributed by atoms with Gasteiger partial charge in [-0.05, 0) is 23.8 Å². The molecule has 3 N–H and O–H groups in total. The number of anilines is 1. The number of nitrogens with two attached hydrogens (primary N) is 1. The molecule has 2 aromatic carbocycles. The first-order valence-corrected chi connectivity index (χ1v) is 8.65. The molecular weight excluding hydrogens is 381 g/mol. The van der Waals surface area contributed by atoms with Crippen molar-refractivity contribution in [3.05, 3.63) is 57.8 Å². The van der Waals surface area contributed by atoms with Gasteiger partial charge in [-0.15, -0.1) is 0 Å². The first-order valence-electron chi connectivity index (χ1n) is 7.77. The Hall–Kier alpha value is -2.94. The van der Waals surface area contributed by atoms with Gasteiger partial charge in [-0.1, -0.05) is 23.9 Å². The van der Waals surface area contributed by atoms with Crippen LogP contribution >= 0.6 is 11.8 Å². The van der Waals surface area contributed by atoms with Gasteiger partial charge in [0.2, 0.25) is 5.43 Å². The van der Waals surface area contributed by atoms with Crippen molar-refractivity contribution in [3.8, 4) is 11.1 Å². The second-order valence-corrected chi connectivity index (χ2v) is 7.14. The van der Waals surface area contributed by atoms with Crippen LogP contribution in [-0.2, 0) is 0 Å². The van der Waals surface area contributed by atoms with E-state index < -0.39 is 51.6 Å². The summed E-state index contributed by atoms with van der Waals surface area (Å²) in [6, 6.07) is 6.58. The van der Waals surface area contributed by atoms with Gasteiger partial charge < -0.3 is 15.4 Å². The van der Waals surface area contributed by atoms with E-state index in [1.807, 2.05) is 0 Å². The Balaban J connectivity index is 2.13. The van der Waals surface area contributed by atoms with Gasteiger partial charge in [-0.25, -0.2) is 18.0 Å². The van der Waals surface area contributed by atoms with Crippen LogP contribution in [0.4, 0.5) is 18.9 Å². The second-order valence-electron chi connectivity index (χ2n) is 5.98. The van der Waals surface area contributed by atoms with Crippen LogP contribution in [0.5, 0.6) is 0 Å². The number of alkyl halides is 1. The van der Waals surface area contributed by atoms with Gasteiger partial charge in [-0.2, -0.15) is 0 Å². The van der Waals surface area contributed by atoms with Crippen LogP contribution in [-0.4, -0.2) is 22.3 Å². The summed E-state index contributed by atoms with van der Waals surface area (Å²) >= 11 is 0.830. The smallest absolute Gasteiger partial charge is 0.342 e. The van der Waals surface area contributed by atoms with Crippen molar-refractivity contribution in [2.75, 3.05) is 12.4 Å². The Morgan fingerprint density at radius 1 is 1.26 bits per heavy atom. The Morgan fingerprint density at radius 3 is 2.52 bits per heavy atom. The lowest BCUT2D eigenvalue weighted by Gasteiger charge is -2.33. The summed E-state index contributed by atoms with van der Waals surface area (Å²) < 4.78 is 44.4. The highest BCUT2D eigenvalue weighted by molar-refractivity contribution is 8.00. The molecule has 1 aromatic heterocycles. The molecule has 1 aliphatic rings. The molecule has 27 heavy (non-hydrogen) atoms. The molecule has 0 saturated carbocycles. The Labute approximate surface area is 154 Å². The largest absolute Gasteiger partial charge is 0.477 e. The quantitative estimate of drug-likeness (QED) is 0.663. The zero-order valence-electron chi connectivity index (χ0n) is 13.5. The number of nitrogen functional groups attached to an aromatic ring is 1. The number of thioether (sulfide) groups is 1. The number of carbonyl (C=O) groups is 1. The van der Waals surface area contributed by atoms with Crippen LogP contribution in [0.3, 0.4) is 0 Å². The standard InChI is InChI=1S/C18H11F3N2O3S/c19-6-11-23-15-9(16(24)13(18(25)26)17(23)27-11)5-10(20)12(14(15)21)7-1-3-8(22)4-2-7/h1-5,11H,6,22H2,(H,25,26). The summed E-state index contributed by atoms with van der Waals surface area (Å²) in [6.45, 7) is -0.900. The van der Waals surface area contributed by atoms with E-state index in [1.165, 1.54) is 24.3 Å². The topological polar surface area (TPSA) is 85.3 Å². The molecule has 4 rings (SSSR count). The zero-order valence-corrected chi connectivity index (χ0v) is 14.3. The van der Waals surface area contributed by atoms with E-state index in [0.717, 1.165) is 22.4 Å². The van der Waals surface area contributed by atoms with Gasteiger partial charge in [0.05, 0.1) is 21.5 Å². The number of rotatable bonds is 3. The van der Waals surface area contributed by atoms with Crippen molar-refractivity contribution in [2.45, 2.75) is 10.4 Å². The fraction of sp³-hybridized carbons (Fsp3) is 0.111. The molecule has 0 aliphatic carbocycles. The van der Waals surface area contributed by atoms with E-state index >= 15 is 4.39 Å². The predicted octanol–water partition coefficient (Wildman–Crippen LogP) is 3.80. The minimum Gasteiger partial charge on any atom is -0.477 e. The molecular formula is C18H11F3N2O3S. The van der Waals surface area contributed by atoms with Crippen molar-refractivity contribution in [2.24, 2.45) is 0 Å². The van der Waals surface area contributed by atoms with E-state index in [1.54, 1.807) is 0 Å². The zero-order chi connectivity index (χ0) is 19.5. The lowest BCUT2D eigenvalue weighted by atomic mass is 10.00. The number of nitrogens with zero attached hydrogens (tertiary/aromatic N) is 1. The third kappa shape index (κ3) is 2.42. The maximum atomic E-state index is 15.3. The number of hydrogen-bond donors (Lipinski definition) is 2. The lowest BCUT2D eigenvalue weighted by Crippen LogP contribution is -2.30. The fourth-order valence-corrected chi connectivity index (χ4v) is 4.30. The third-order valence-corrected chi connectivity index (χ3v) is 5.65. The molecule has 1 unspecified atom stereocenters. The van der Waals surface area contributed by atoms with Gasteiger partial charge >= 0.3 is 5.97 Å². The van der Waals surface area contributed by atoms with Crippen molar-refractivity contribution >= 4 is 34.3 Å². The number of halogens is 3. The molecule has 1 aliphatic heterocycles. The molecule has 0 spiro atoms. The number of benzene rings is 2. The van der Waals surface area contributed by atoms with E-state index in [0.29, 0.717) is 5.69 Å². The molecule has 9 heteroatoms. The van der Waals surface area contributed by atoms with Gasteiger partial charge in [-0.3, -0.25) is 4.79 Å². The van der Waals surface area contributed by atoms with Crippen molar-refractivity contribution in [1.82, 2.24) is 4.57 Å². The first kappa shape index (κ1) is 17.5. The molecule has 5 nitrogen and oxygen atoms in total. The van der Waals surface area contributed by atoms with E-state index in [9.17, 15) is 23.5 Å². The highest BCUT2D eigenvalue weighted by Gasteiger charge is 2.37. The fourth-order valence-electron chi connectivity index (χ4n) is 3.20. The summed E-state index contributed by atoms with van der Waals surface area (Å²) in [5, 5.41) is 7.93. The molecule has 138 valence electrons. The van der Waals surface area contributed by atoms with Crippen LogP contribution in [0.15, 0.2) is 40.2 Å². The average molecular weight is 392 g/mol. The number of hydrogen-bond acceptors (Lipinski definition) is 4. The van der Waals surface area contributed by atoms with Crippen LogP contribution in [0, 0.1) is 11.6 Å². The molecule has 0 fully saturated rings. The van der Waals surface area contributed by atoms with Gasteiger partial charge in [0, 0.05) is 5.69 Å². The molecule has 0 bridgehead atoms. The van der Waals surface area contributed by atoms with Gasteiger partial charge in [0.1, 0.15) is 23.4 Å². The normalized spacial score (nSPS) is 15.4. The second kappa shape index (κ2) is 6.05. The average Bonchev–Trinajstić information content (AvgIpc) is 2.60. The maximum Gasteiger partial charge on any atom is 0.342 e. The number of carboxylic acid groups (broad SMARTS) is 1. The van der Waals surface area contributed by atoms with E-state index in [4.69, 9.17) is 5.73 Å². The highest BCUT2D eigenvalue weighted by atomic mass is 32.2. The molecule has 0 saturated heterocycles. The number of carboxylic acids is 1. The highest BCUT2D eigenvalue weighted by Crippen LogP contribution is 2.48. The minimum atomic E-state index is -1.53. The number of aromatic nitrogens is 1. The molecule has 1 atom stereocenters. The third-order valence-electron chi connectivity index (χ3n) is 4.42. The van der Waals surface area contributed by atoms with Crippen LogP contribution in [0.25, 0.3) is 22.0 Å². The van der Waals surface area contributed by atoms with Crippen LogP contribution < -0.4 is 11.2 Å². The number of aromatic carboxylic acids is 1. The molecule has 0 radical (unpaired) electrons. The molecule has 0 amide bonds. The minimum absolute atomic E-state index is 0.0450. The SMILES string of the molecule is Nc1ccc(-c2c(F)cc3c(=O)c(C(=O)O)c4n(c3c2F)C(CF)S4)cc1. The lowest BCUT2D eigenvalue weighted by molar-refractivity contribution is 0.0689. The molecule has 2 heterocycles. The van der Waals surface area contributed by atoms with Gasteiger partial charge in [0.25, 0.3) is 0 Å². The van der Waals surface area contributed by atoms with Crippen LogP contribution in [0.1, 0.15) is 15.7 Å². The van der Waals surface area contributed by atoms with E-state index in [-0.39, 0.29) is 16.1 Å².